The van der Waals surface area contributed by atoms with E-state index < -0.39 is 0 Å². The Hall–Kier alpha value is -2.16. The molecule has 1 aliphatic heterocycles. The average molecular weight is 324 g/mol. The molecule has 1 saturated heterocycles. The van der Waals surface area contributed by atoms with E-state index in [1.807, 2.05) is 19.1 Å². The second-order valence-corrected chi connectivity index (χ2v) is 6.31. The van der Waals surface area contributed by atoms with Crippen molar-refractivity contribution in [2.75, 3.05) is 26.3 Å². The maximum Gasteiger partial charge on any atom is 0.108 e. The molecule has 1 aromatic carbocycles. The Kier molecular flexibility index (Phi) is 5.63. The molecule has 1 unspecified atom stereocenters. The lowest BCUT2D eigenvalue weighted by molar-refractivity contribution is 0.0796. The largest absolute Gasteiger partial charge is 0.378 e. The lowest BCUT2D eigenvalue weighted by Crippen LogP contribution is -2.43. The van der Waals surface area contributed by atoms with Crippen LogP contribution in [0.1, 0.15) is 29.5 Å². The zero-order valence-electron chi connectivity index (χ0n) is 14.1. The van der Waals surface area contributed by atoms with E-state index in [0.717, 1.165) is 29.8 Å². The third kappa shape index (κ3) is 4.67. The van der Waals surface area contributed by atoms with Crippen LogP contribution in [0.15, 0.2) is 28.3 Å². The second-order valence-electron chi connectivity index (χ2n) is 6.31. The first kappa shape index (κ1) is 16.7. The number of ether oxygens (including phenoxy) is 1. The highest BCUT2D eigenvalue weighted by Gasteiger charge is 2.17. The van der Waals surface area contributed by atoms with Crippen molar-refractivity contribution < 1.29 is 4.74 Å². The molecule has 0 radical (unpaired) electrons. The van der Waals surface area contributed by atoms with Gasteiger partial charge in [0.25, 0.3) is 0 Å². The first-order valence-corrected chi connectivity index (χ1v) is 8.47. The van der Waals surface area contributed by atoms with Gasteiger partial charge in [0.05, 0.1) is 25.8 Å². The smallest absolute Gasteiger partial charge is 0.108 e. The molecule has 1 aliphatic carbocycles. The maximum atomic E-state index is 5.57. The summed E-state index contributed by atoms with van der Waals surface area (Å²) >= 11 is 0. The number of aliphatic imine (C=N–C) groups is 1. The monoisotopic (exact) mass is 324 g/mol. The molecule has 0 bridgehead atoms. The lowest BCUT2D eigenvalue weighted by Gasteiger charge is -2.21. The summed E-state index contributed by atoms with van der Waals surface area (Å²) in [6, 6.07) is 6.38. The second kappa shape index (κ2) is 8.09. The maximum absolute atomic E-state index is 5.57. The molecular formula is C19H24N4O. The predicted octanol–water partition coefficient (Wildman–Crippen LogP) is 1.48. The highest BCUT2D eigenvalue weighted by atomic mass is 16.5. The highest BCUT2D eigenvalue weighted by molar-refractivity contribution is 6.38. The van der Waals surface area contributed by atoms with Gasteiger partial charge in [-0.25, -0.2) is 0 Å². The van der Waals surface area contributed by atoms with Crippen molar-refractivity contribution in [3.05, 3.63) is 34.9 Å². The summed E-state index contributed by atoms with van der Waals surface area (Å²) in [6.45, 7) is 5.04. The number of nitrogens with one attached hydrogen (secondary N) is 1. The van der Waals surface area contributed by atoms with Gasteiger partial charge in [0.1, 0.15) is 5.71 Å². The molecule has 0 spiro atoms. The molecule has 126 valence electrons. The van der Waals surface area contributed by atoms with Crippen molar-refractivity contribution in [3.8, 4) is 11.8 Å². The molecule has 0 amide bonds. The standard InChI is InChI=1S/C19H24N4O/c1-14-10-16(5-4-15-2-3-15)6-7-18(14)19(23-20)12-21-11-17-13-24-9-8-22-17/h6-7,10,12,15,17,22H,2-3,8-9,11,13,20H2,1H3/b21-12?,23-19+. The quantitative estimate of drug-likeness (QED) is 0.381. The molecule has 2 fully saturated rings. The molecule has 1 heterocycles. The molecule has 1 saturated carbocycles. The molecule has 3 N–H and O–H groups in total. The molecule has 1 aromatic rings. The molecule has 5 nitrogen and oxygen atoms in total. The van der Waals surface area contributed by atoms with E-state index in [2.05, 4.69) is 33.3 Å². The first-order valence-electron chi connectivity index (χ1n) is 8.47. The normalized spacial score (nSPS) is 21.5. The van der Waals surface area contributed by atoms with Gasteiger partial charge in [0.15, 0.2) is 0 Å². The number of benzene rings is 1. The van der Waals surface area contributed by atoms with E-state index in [4.69, 9.17) is 10.6 Å². The van der Waals surface area contributed by atoms with Gasteiger partial charge >= 0.3 is 0 Å². The fourth-order valence-corrected chi connectivity index (χ4v) is 2.62. The van der Waals surface area contributed by atoms with Crippen LogP contribution in [-0.2, 0) is 4.74 Å². The Morgan fingerprint density at radius 1 is 1.46 bits per heavy atom. The molecule has 3 rings (SSSR count). The van der Waals surface area contributed by atoms with Crippen molar-refractivity contribution in [1.82, 2.24) is 5.32 Å². The third-order valence-corrected chi connectivity index (χ3v) is 4.18. The fourth-order valence-electron chi connectivity index (χ4n) is 2.62. The number of nitrogens with two attached hydrogens (primary N) is 1. The predicted molar refractivity (Wildman–Crippen MR) is 97.5 cm³/mol. The lowest BCUT2D eigenvalue weighted by atomic mass is 10.0. The van der Waals surface area contributed by atoms with Crippen LogP contribution < -0.4 is 11.2 Å². The van der Waals surface area contributed by atoms with Crippen LogP contribution in [0, 0.1) is 24.7 Å². The molecular weight excluding hydrogens is 300 g/mol. The van der Waals surface area contributed by atoms with E-state index in [1.54, 1.807) is 6.21 Å². The van der Waals surface area contributed by atoms with Crippen LogP contribution in [0.4, 0.5) is 0 Å². The zero-order chi connectivity index (χ0) is 16.8. The molecule has 1 atom stereocenters. The molecule has 2 aliphatic rings. The summed E-state index contributed by atoms with van der Waals surface area (Å²) in [6.07, 6.45) is 4.23. The summed E-state index contributed by atoms with van der Waals surface area (Å²) < 4.78 is 5.42. The van der Waals surface area contributed by atoms with Crippen molar-refractivity contribution in [1.29, 1.82) is 0 Å². The Labute approximate surface area is 143 Å². The van der Waals surface area contributed by atoms with Gasteiger partial charge in [-0.15, -0.1) is 0 Å². The van der Waals surface area contributed by atoms with Crippen LogP contribution >= 0.6 is 0 Å². The topological polar surface area (TPSA) is 72.0 Å². The van der Waals surface area contributed by atoms with Gasteiger partial charge in [0.2, 0.25) is 0 Å². The minimum atomic E-state index is 0.259. The van der Waals surface area contributed by atoms with Gasteiger partial charge in [0, 0.05) is 29.8 Å². The minimum absolute atomic E-state index is 0.259. The first-order chi connectivity index (χ1) is 11.8. The SMILES string of the molecule is Cc1cc(C#CC2CC2)ccc1/C(C=NCC1COCCN1)=N/N. The Morgan fingerprint density at radius 2 is 2.33 bits per heavy atom. The molecule has 0 aromatic heterocycles. The van der Waals surface area contributed by atoms with Crippen LogP contribution in [0.5, 0.6) is 0 Å². The van der Waals surface area contributed by atoms with E-state index in [9.17, 15) is 0 Å². The van der Waals surface area contributed by atoms with Crippen LogP contribution in [0.25, 0.3) is 0 Å². The number of morpholine rings is 1. The minimum Gasteiger partial charge on any atom is -0.378 e. The number of rotatable bonds is 4. The number of nitrogens with zero attached hydrogens (tertiary/aromatic N) is 2. The number of hydrogen-bond acceptors (Lipinski definition) is 5. The van der Waals surface area contributed by atoms with Gasteiger partial charge in [-0.2, -0.15) is 5.10 Å². The zero-order valence-corrected chi connectivity index (χ0v) is 14.1. The molecule has 24 heavy (non-hydrogen) atoms. The van der Waals surface area contributed by atoms with Gasteiger partial charge in [-0.3, -0.25) is 4.99 Å². The van der Waals surface area contributed by atoms with E-state index in [0.29, 0.717) is 24.8 Å². The highest BCUT2D eigenvalue weighted by Crippen LogP contribution is 2.27. The summed E-state index contributed by atoms with van der Waals surface area (Å²) in [7, 11) is 0. The summed E-state index contributed by atoms with van der Waals surface area (Å²) in [5, 5.41) is 7.27. The van der Waals surface area contributed by atoms with Gasteiger partial charge in [-0.1, -0.05) is 17.9 Å². The van der Waals surface area contributed by atoms with Crippen LogP contribution in [0.2, 0.25) is 0 Å². The van der Waals surface area contributed by atoms with Crippen molar-refractivity contribution in [2.24, 2.45) is 21.9 Å². The Bertz CT molecular complexity index is 689. The van der Waals surface area contributed by atoms with E-state index >= 15 is 0 Å². The van der Waals surface area contributed by atoms with E-state index in [-0.39, 0.29) is 6.04 Å². The Balaban J connectivity index is 1.65. The van der Waals surface area contributed by atoms with Crippen LogP contribution in [0.3, 0.4) is 0 Å². The summed E-state index contributed by atoms with van der Waals surface area (Å²) in [4.78, 5) is 4.47. The van der Waals surface area contributed by atoms with E-state index in [1.165, 1.54) is 12.8 Å². The number of aryl methyl sites for hydroxylation is 1. The average Bonchev–Trinajstić information content (AvgIpc) is 3.43. The van der Waals surface area contributed by atoms with Crippen molar-refractivity contribution in [3.63, 3.8) is 0 Å². The number of hydrazone groups is 1. The van der Waals surface area contributed by atoms with Crippen molar-refractivity contribution >= 4 is 11.9 Å². The van der Waals surface area contributed by atoms with Crippen molar-refractivity contribution in [2.45, 2.75) is 25.8 Å². The summed E-state index contributed by atoms with van der Waals surface area (Å²) in [5.74, 6) is 12.7. The van der Waals surface area contributed by atoms with Gasteiger partial charge < -0.3 is 15.9 Å². The summed E-state index contributed by atoms with van der Waals surface area (Å²) in [5.41, 5.74) is 3.82. The molecule has 5 heteroatoms. The third-order valence-electron chi connectivity index (χ3n) is 4.18. The van der Waals surface area contributed by atoms with Gasteiger partial charge in [-0.05, 0) is 37.5 Å². The number of hydrogen-bond donors (Lipinski definition) is 2. The Morgan fingerprint density at radius 3 is 3.00 bits per heavy atom. The van der Waals surface area contributed by atoms with Crippen LogP contribution in [-0.4, -0.2) is 44.3 Å². The fraction of sp³-hybridized carbons (Fsp3) is 0.474.